The second-order valence-electron chi connectivity index (χ2n) is 10.4. The van der Waals surface area contributed by atoms with Crippen LogP contribution in [-0.4, -0.2) is 54.1 Å². The van der Waals surface area contributed by atoms with Gasteiger partial charge in [-0.25, -0.2) is 9.48 Å². The molecule has 42 heavy (non-hydrogen) atoms. The maximum atomic E-state index is 13.9. The topological polar surface area (TPSA) is 126 Å². The number of hydrogen-bond acceptors (Lipinski definition) is 6. The van der Waals surface area contributed by atoms with Crippen LogP contribution < -0.4 is 14.5 Å². The lowest BCUT2D eigenvalue weighted by molar-refractivity contribution is -0.141. The number of anilines is 2. The number of carbonyl (C=O) groups excluding carboxylic acids is 2. The number of halogens is 3. The molecule has 1 aliphatic rings. The smallest absolute Gasteiger partial charge is 0.435 e. The average Bonchev–Trinajstić information content (AvgIpc) is 3.34. The third kappa shape index (κ3) is 6.60. The van der Waals surface area contributed by atoms with Gasteiger partial charge in [-0.05, 0) is 87.7 Å². The summed E-state index contributed by atoms with van der Waals surface area (Å²) in [6, 6.07) is 12.7. The highest BCUT2D eigenvalue weighted by Gasteiger charge is 2.43. The van der Waals surface area contributed by atoms with Gasteiger partial charge >= 0.3 is 12.3 Å². The van der Waals surface area contributed by atoms with Crippen LogP contribution >= 0.6 is 0 Å². The van der Waals surface area contributed by atoms with Gasteiger partial charge in [0, 0.05) is 41.5 Å². The number of ether oxygens (including phenoxy) is 2. The van der Waals surface area contributed by atoms with E-state index in [1.807, 2.05) is 0 Å². The summed E-state index contributed by atoms with van der Waals surface area (Å²) in [4.78, 5) is 32.1. The van der Waals surface area contributed by atoms with Crippen molar-refractivity contribution in [2.45, 2.75) is 45.4 Å². The normalized spacial score (nSPS) is 13.3. The van der Waals surface area contributed by atoms with Crippen LogP contribution in [0.2, 0.25) is 0 Å². The Morgan fingerprint density at radius 1 is 1.10 bits per heavy atom. The summed E-state index contributed by atoms with van der Waals surface area (Å²) in [5, 5.41) is 7.31. The zero-order chi connectivity index (χ0) is 30.7. The molecule has 0 atom stereocenters. The highest BCUT2D eigenvalue weighted by atomic mass is 19.4. The molecule has 0 unspecified atom stereocenters. The minimum atomic E-state index is -4.74. The van der Waals surface area contributed by atoms with Gasteiger partial charge in [-0.1, -0.05) is 5.11 Å². The maximum absolute atomic E-state index is 13.9. The lowest BCUT2D eigenvalue weighted by Gasteiger charge is -2.29. The van der Waals surface area contributed by atoms with Crippen molar-refractivity contribution in [3.8, 4) is 11.4 Å². The van der Waals surface area contributed by atoms with Crippen molar-refractivity contribution in [1.29, 1.82) is 0 Å². The largest absolute Gasteiger partial charge is 0.497 e. The van der Waals surface area contributed by atoms with Crippen molar-refractivity contribution in [2.24, 2.45) is 5.11 Å². The van der Waals surface area contributed by atoms with Crippen LogP contribution in [0.1, 0.15) is 48.9 Å². The van der Waals surface area contributed by atoms with Gasteiger partial charge in [0.25, 0.3) is 5.91 Å². The van der Waals surface area contributed by atoms with Crippen LogP contribution in [0.15, 0.2) is 53.6 Å². The Bertz CT molecular complexity index is 1490. The number of hydrogen-bond donors (Lipinski definition) is 0. The zero-order valence-electron chi connectivity index (χ0n) is 23.6. The molecule has 0 fully saturated rings. The molecule has 2 aromatic carbocycles. The molecule has 2 amide bonds. The molecule has 1 aliphatic heterocycles. The average molecular weight is 586 g/mol. The predicted molar refractivity (Wildman–Crippen MR) is 149 cm³/mol. The fraction of sp³-hybridized carbons (Fsp3) is 0.393. The molecule has 3 aromatic rings. The minimum absolute atomic E-state index is 0.00447. The number of alkyl halides is 3. The third-order valence-electron chi connectivity index (χ3n) is 6.39. The van der Waals surface area contributed by atoms with Crippen LogP contribution in [-0.2, 0) is 17.3 Å². The third-order valence-corrected chi connectivity index (χ3v) is 6.39. The molecule has 1 aromatic heterocycles. The van der Waals surface area contributed by atoms with E-state index in [4.69, 9.17) is 15.0 Å². The number of amides is 2. The van der Waals surface area contributed by atoms with Crippen molar-refractivity contribution in [1.82, 2.24) is 9.78 Å². The predicted octanol–water partition coefficient (Wildman–Crippen LogP) is 6.54. The molecule has 0 spiro atoms. The van der Waals surface area contributed by atoms with E-state index in [2.05, 4.69) is 15.1 Å². The van der Waals surface area contributed by atoms with Gasteiger partial charge in [-0.2, -0.15) is 18.3 Å². The first-order chi connectivity index (χ1) is 19.8. The van der Waals surface area contributed by atoms with E-state index in [9.17, 15) is 22.8 Å². The maximum Gasteiger partial charge on any atom is 0.435 e. The minimum Gasteiger partial charge on any atom is -0.497 e. The molecule has 0 N–H and O–H groups in total. The van der Waals surface area contributed by atoms with Gasteiger partial charge in [0.2, 0.25) is 0 Å². The lowest BCUT2D eigenvalue weighted by Crippen LogP contribution is -2.39. The monoisotopic (exact) mass is 585 g/mol. The molecular weight excluding hydrogens is 555 g/mol. The van der Waals surface area contributed by atoms with Crippen LogP contribution in [0.5, 0.6) is 5.75 Å². The van der Waals surface area contributed by atoms with E-state index in [-0.39, 0.29) is 43.0 Å². The van der Waals surface area contributed by atoms with Gasteiger partial charge in [0.1, 0.15) is 17.0 Å². The number of carbonyl (C=O) groups is 2. The summed E-state index contributed by atoms with van der Waals surface area (Å²) in [5.41, 5.74) is 7.56. The summed E-state index contributed by atoms with van der Waals surface area (Å²) in [5.74, 6) is -0.136. The number of fused-ring (bicyclic) bond motifs is 1. The molecule has 4 rings (SSSR count). The number of aromatic nitrogens is 2. The summed E-state index contributed by atoms with van der Waals surface area (Å²) in [6.07, 6.45) is -5.01. The van der Waals surface area contributed by atoms with Crippen molar-refractivity contribution >= 4 is 23.4 Å². The zero-order valence-corrected chi connectivity index (χ0v) is 23.6. The van der Waals surface area contributed by atoms with Crippen molar-refractivity contribution in [3.05, 3.63) is 75.9 Å². The molecule has 14 heteroatoms. The van der Waals surface area contributed by atoms with Gasteiger partial charge in [0.15, 0.2) is 5.69 Å². The lowest BCUT2D eigenvalue weighted by atomic mass is 10.0. The standard InChI is InChI=1S/C28H30F3N7O4/c1-27(2,3)42-26(40)37(16-5-15-33-35-32)19-8-6-18(7-9-19)36-17-14-22-23(25(36)39)38(34-24(22)28(29,30)31)20-10-12-21(41-4)13-11-20/h6-13H,5,14-17H2,1-4H3. The van der Waals surface area contributed by atoms with E-state index in [1.54, 1.807) is 57.2 Å². The second-order valence-corrected chi connectivity index (χ2v) is 10.4. The molecular formula is C28H30F3N7O4. The molecule has 222 valence electrons. The van der Waals surface area contributed by atoms with Gasteiger partial charge in [0.05, 0.1) is 12.8 Å². The first-order valence-electron chi connectivity index (χ1n) is 13.1. The number of nitrogens with zero attached hydrogens (tertiary/aromatic N) is 7. The van der Waals surface area contributed by atoms with E-state index in [0.717, 1.165) is 4.68 Å². The molecule has 0 radical (unpaired) electrons. The number of methoxy groups -OCH3 is 1. The molecule has 11 nitrogen and oxygen atoms in total. The van der Waals surface area contributed by atoms with Crippen molar-refractivity contribution in [2.75, 3.05) is 36.5 Å². The van der Waals surface area contributed by atoms with Crippen LogP contribution in [0, 0.1) is 0 Å². The number of azide groups is 1. The molecule has 2 heterocycles. The molecule has 0 bridgehead atoms. The Morgan fingerprint density at radius 2 is 1.74 bits per heavy atom. The van der Waals surface area contributed by atoms with Gasteiger partial charge < -0.3 is 14.4 Å². The fourth-order valence-corrected chi connectivity index (χ4v) is 4.54. The van der Waals surface area contributed by atoms with Crippen molar-refractivity contribution < 1.29 is 32.2 Å². The first-order valence-corrected chi connectivity index (χ1v) is 13.1. The Labute approximate surface area is 240 Å². The summed E-state index contributed by atoms with van der Waals surface area (Å²) in [7, 11) is 1.47. The Balaban J connectivity index is 1.66. The second kappa shape index (κ2) is 12.0. The summed E-state index contributed by atoms with van der Waals surface area (Å²) < 4.78 is 53.4. The Morgan fingerprint density at radius 3 is 2.31 bits per heavy atom. The number of benzene rings is 2. The first kappa shape index (κ1) is 30.3. The van der Waals surface area contributed by atoms with Crippen molar-refractivity contribution in [3.63, 3.8) is 0 Å². The van der Waals surface area contributed by atoms with Crippen LogP contribution in [0.4, 0.5) is 29.3 Å². The molecule has 0 saturated heterocycles. The Kier molecular flexibility index (Phi) is 8.67. The van der Waals surface area contributed by atoms with Crippen LogP contribution in [0.25, 0.3) is 16.1 Å². The van der Waals surface area contributed by atoms with E-state index < -0.39 is 29.5 Å². The van der Waals surface area contributed by atoms with Gasteiger partial charge in [-0.3, -0.25) is 9.69 Å². The van der Waals surface area contributed by atoms with E-state index in [1.165, 1.54) is 29.0 Å². The number of rotatable bonds is 8. The van der Waals surface area contributed by atoms with Crippen LogP contribution in [0.3, 0.4) is 0 Å². The highest BCUT2D eigenvalue weighted by molar-refractivity contribution is 6.07. The van der Waals surface area contributed by atoms with Gasteiger partial charge in [-0.15, -0.1) is 0 Å². The molecule has 0 aliphatic carbocycles. The highest BCUT2D eigenvalue weighted by Crippen LogP contribution is 2.37. The fourth-order valence-electron chi connectivity index (χ4n) is 4.54. The van der Waals surface area contributed by atoms with E-state index in [0.29, 0.717) is 23.5 Å². The SMILES string of the molecule is COc1ccc(-n2nc(C(F)(F)F)c3c2C(=O)N(c2ccc(N(CCCN=[N+]=[N-])C(=O)OC(C)(C)C)cc2)CC3)cc1. The Hall–Kier alpha value is -4.71. The summed E-state index contributed by atoms with van der Waals surface area (Å²) in [6.45, 7) is 5.61. The summed E-state index contributed by atoms with van der Waals surface area (Å²) >= 11 is 0. The quantitative estimate of drug-likeness (QED) is 0.128. The molecule has 0 saturated carbocycles. The van der Waals surface area contributed by atoms with E-state index >= 15 is 0 Å².